The van der Waals surface area contributed by atoms with E-state index in [2.05, 4.69) is 5.10 Å². The summed E-state index contributed by atoms with van der Waals surface area (Å²) in [4.78, 5) is 10.8. The first kappa shape index (κ1) is 17.2. The molecule has 0 aliphatic rings. The van der Waals surface area contributed by atoms with Crippen molar-refractivity contribution in [3.63, 3.8) is 0 Å². The van der Waals surface area contributed by atoms with Crippen molar-refractivity contribution in [3.8, 4) is 11.1 Å². The predicted octanol–water partition coefficient (Wildman–Crippen LogP) is 3.08. The van der Waals surface area contributed by atoms with Gasteiger partial charge in [-0.05, 0) is 30.3 Å². The molecule has 0 aliphatic carbocycles. The fourth-order valence-electron chi connectivity index (χ4n) is 2.99. The first-order valence-corrected chi connectivity index (χ1v) is 9.52. The minimum Gasteiger partial charge on any atom is -0.301 e. The number of hydrogen-bond donors (Lipinski definition) is 0. The van der Waals surface area contributed by atoms with Crippen molar-refractivity contribution >= 4 is 27.2 Å². The van der Waals surface area contributed by atoms with Gasteiger partial charge in [0.15, 0.2) is 0 Å². The molecular formula is C19H14FN3O3S. The van der Waals surface area contributed by atoms with E-state index in [0.29, 0.717) is 16.5 Å². The molecule has 27 heavy (non-hydrogen) atoms. The number of aromatic nitrogens is 3. The highest BCUT2D eigenvalue weighted by Gasteiger charge is 2.22. The lowest BCUT2D eigenvalue weighted by Crippen LogP contribution is -2.11. The second-order valence-electron chi connectivity index (χ2n) is 5.94. The average Bonchev–Trinajstić information content (AvgIpc) is 3.27. The molecule has 8 heteroatoms. The summed E-state index contributed by atoms with van der Waals surface area (Å²) < 4.78 is 42.6. The fourth-order valence-corrected chi connectivity index (χ4v) is 4.37. The summed E-state index contributed by atoms with van der Waals surface area (Å²) in [6.07, 6.45) is 5.36. The first-order valence-electron chi connectivity index (χ1n) is 8.08. The molecule has 2 aromatic heterocycles. The van der Waals surface area contributed by atoms with Crippen LogP contribution in [0.15, 0.2) is 72.0 Å². The molecule has 0 saturated carbocycles. The largest absolute Gasteiger partial charge is 0.301 e. The molecule has 0 saturated heterocycles. The summed E-state index contributed by atoms with van der Waals surface area (Å²) in [7, 11) is -3.91. The zero-order valence-electron chi connectivity index (χ0n) is 14.0. The monoisotopic (exact) mass is 383 g/mol. The van der Waals surface area contributed by atoms with Crippen LogP contribution in [0.5, 0.6) is 0 Å². The highest BCUT2D eigenvalue weighted by Crippen LogP contribution is 2.33. The third kappa shape index (κ3) is 2.93. The summed E-state index contributed by atoms with van der Waals surface area (Å²) in [5.74, 6) is -0.534. The van der Waals surface area contributed by atoms with Gasteiger partial charge in [-0.2, -0.15) is 5.10 Å². The molecule has 0 amide bonds. The summed E-state index contributed by atoms with van der Waals surface area (Å²) >= 11 is 0. The minimum absolute atomic E-state index is 0.0928. The molecule has 0 N–H and O–H groups in total. The molecule has 4 aromatic rings. The van der Waals surface area contributed by atoms with Gasteiger partial charge in [0.05, 0.1) is 23.2 Å². The van der Waals surface area contributed by atoms with Gasteiger partial charge in [-0.15, -0.1) is 0 Å². The Morgan fingerprint density at radius 2 is 1.85 bits per heavy atom. The van der Waals surface area contributed by atoms with E-state index in [1.807, 2.05) is 0 Å². The van der Waals surface area contributed by atoms with Gasteiger partial charge in [0, 0.05) is 28.9 Å². The first-order chi connectivity index (χ1) is 13.0. The van der Waals surface area contributed by atoms with Gasteiger partial charge < -0.3 is 4.79 Å². The second kappa shape index (κ2) is 6.48. The van der Waals surface area contributed by atoms with Crippen molar-refractivity contribution in [2.24, 2.45) is 0 Å². The maximum atomic E-state index is 13.9. The van der Waals surface area contributed by atoms with Crippen LogP contribution in [0.3, 0.4) is 0 Å². The van der Waals surface area contributed by atoms with Crippen LogP contribution in [-0.4, -0.2) is 28.5 Å². The van der Waals surface area contributed by atoms with Crippen molar-refractivity contribution in [2.45, 2.75) is 11.4 Å². The molecule has 0 fully saturated rings. The molecule has 136 valence electrons. The van der Waals surface area contributed by atoms with Crippen molar-refractivity contribution in [1.82, 2.24) is 13.8 Å². The highest BCUT2D eigenvalue weighted by molar-refractivity contribution is 7.90. The molecule has 0 spiro atoms. The van der Waals surface area contributed by atoms with E-state index in [1.54, 1.807) is 30.6 Å². The van der Waals surface area contributed by atoms with Crippen LogP contribution in [0.1, 0.15) is 0 Å². The second-order valence-corrected chi connectivity index (χ2v) is 7.75. The zero-order valence-corrected chi connectivity index (χ0v) is 14.8. The van der Waals surface area contributed by atoms with E-state index in [0.717, 1.165) is 10.3 Å². The molecule has 0 atom stereocenters. The Balaban J connectivity index is 1.96. The van der Waals surface area contributed by atoms with Gasteiger partial charge >= 0.3 is 0 Å². The fraction of sp³-hybridized carbons (Fsp3) is 0.0526. The third-order valence-corrected chi connectivity index (χ3v) is 5.93. The highest BCUT2D eigenvalue weighted by atomic mass is 32.2. The maximum absolute atomic E-state index is 13.9. The number of benzene rings is 2. The molecule has 0 unspecified atom stereocenters. The SMILES string of the molecule is O=CCn1cc(-c2cn(S(=O)(=O)c3ccccc3)c3cc(F)ccc23)cn1. The maximum Gasteiger partial charge on any atom is 0.268 e. The van der Waals surface area contributed by atoms with Crippen molar-refractivity contribution in [3.05, 3.63) is 72.9 Å². The smallest absolute Gasteiger partial charge is 0.268 e. The molecule has 0 radical (unpaired) electrons. The third-order valence-electron chi connectivity index (χ3n) is 4.24. The molecular weight excluding hydrogens is 369 g/mol. The number of aldehydes is 1. The van der Waals surface area contributed by atoms with Gasteiger partial charge in [-0.25, -0.2) is 16.8 Å². The topological polar surface area (TPSA) is 74.0 Å². The van der Waals surface area contributed by atoms with Gasteiger partial charge in [-0.3, -0.25) is 4.68 Å². The van der Waals surface area contributed by atoms with Crippen molar-refractivity contribution in [1.29, 1.82) is 0 Å². The molecule has 0 bridgehead atoms. The Morgan fingerprint density at radius 1 is 1.07 bits per heavy atom. The molecule has 0 aliphatic heterocycles. The van der Waals surface area contributed by atoms with Crippen LogP contribution in [-0.2, 0) is 21.4 Å². The van der Waals surface area contributed by atoms with Crippen LogP contribution >= 0.6 is 0 Å². The quantitative estimate of drug-likeness (QED) is 0.497. The molecule has 2 aromatic carbocycles. The summed E-state index contributed by atoms with van der Waals surface area (Å²) in [5, 5.41) is 4.66. The number of carbonyl (C=O) groups is 1. The van der Waals surface area contributed by atoms with Crippen molar-refractivity contribution < 1.29 is 17.6 Å². The van der Waals surface area contributed by atoms with Crippen LogP contribution < -0.4 is 0 Å². The Morgan fingerprint density at radius 3 is 2.59 bits per heavy atom. The van der Waals surface area contributed by atoms with Crippen LogP contribution in [0.2, 0.25) is 0 Å². The lowest BCUT2D eigenvalue weighted by atomic mass is 10.1. The number of halogens is 1. The normalized spacial score (nSPS) is 11.7. The average molecular weight is 383 g/mol. The van der Waals surface area contributed by atoms with Crippen LogP contribution in [0.4, 0.5) is 4.39 Å². The summed E-state index contributed by atoms with van der Waals surface area (Å²) in [5.41, 5.74) is 1.45. The lowest BCUT2D eigenvalue weighted by Gasteiger charge is -2.07. The van der Waals surface area contributed by atoms with Crippen LogP contribution in [0, 0.1) is 5.82 Å². The van der Waals surface area contributed by atoms with Crippen LogP contribution in [0.25, 0.3) is 22.0 Å². The standard InChI is InChI=1S/C19H14FN3O3S/c20-15-6-7-17-18(14-11-21-22(12-14)8-9-24)13-23(19(17)10-15)27(25,26)16-4-2-1-3-5-16/h1-7,9-13H,8H2. The Hall–Kier alpha value is -3.26. The summed E-state index contributed by atoms with van der Waals surface area (Å²) in [6.45, 7) is 0.0928. The number of rotatable bonds is 5. The van der Waals surface area contributed by atoms with E-state index < -0.39 is 15.8 Å². The van der Waals surface area contributed by atoms with Gasteiger partial charge in [0.25, 0.3) is 10.0 Å². The van der Waals surface area contributed by atoms with Gasteiger partial charge in [0.1, 0.15) is 12.1 Å². The minimum atomic E-state index is -3.91. The number of nitrogens with zero attached hydrogens (tertiary/aromatic N) is 3. The number of fused-ring (bicyclic) bond motifs is 1. The molecule has 6 nitrogen and oxygen atoms in total. The van der Waals surface area contributed by atoms with E-state index in [9.17, 15) is 17.6 Å². The zero-order chi connectivity index (χ0) is 19.0. The van der Waals surface area contributed by atoms with E-state index in [1.165, 1.54) is 41.2 Å². The Labute approximate surface area is 154 Å². The molecule has 2 heterocycles. The van der Waals surface area contributed by atoms with E-state index >= 15 is 0 Å². The van der Waals surface area contributed by atoms with E-state index in [-0.39, 0.29) is 17.0 Å². The number of carbonyl (C=O) groups excluding carboxylic acids is 1. The van der Waals surface area contributed by atoms with Crippen molar-refractivity contribution in [2.75, 3.05) is 0 Å². The Bertz CT molecular complexity index is 1240. The number of hydrogen-bond acceptors (Lipinski definition) is 4. The molecule has 4 rings (SSSR count). The predicted molar refractivity (Wildman–Crippen MR) is 98.2 cm³/mol. The van der Waals surface area contributed by atoms with Gasteiger partial charge in [0.2, 0.25) is 0 Å². The van der Waals surface area contributed by atoms with E-state index in [4.69, 9.17) is 0 Å². The Kier molecular flexibility index (Phi) is 4.12. The summed E-state index contributed by atoms with van der Waals surface area (Å²) in [6, 6.07) is 12.0. The van der Waals surface area contributed by atoms with Gasteiger partial charge in [-0.1, -0.05) is 18.2 Å². The lowest BCUT2D eigenvalue weighted by molar-refractivity contribution is -0.108.